The zero-order valence-electron chi connectivity index (χ0n) is 9.78. The molecule has 0 radical (unpaired) electrons. The monoisotopic (exact) mass is 282 g/mol. The van der Waals surface area contributed by atoms with Gasteiger partial charge in [0, 0.05) is 24.4 Å². The molecule has 0 spiro atoms. The average Bonchev–Trinajstić information content (AvgIpc) is 2.36. The molecule has 0 aliphatic heterocycles. The van der Waals surface area contributed by atoms with Crippen LogP contribution in [-0.2, 0) is 6.54 Å². The lowest BCUT2D eigenvalue weighted by molar-refractivity contribution is 0.458. The number of rotatable bonds is 3. The maximum Gasteiger partial charge on any atom is 0.222 e. The first-order valence-corrected chi connectivity index (χ1v) is 6.14. The fraction of sp³-hybridized carbons (Fsp3) is 0.154. The van der Waals surface area contributed by atoms with Crippen LogP contribution in [0.1, 0.15) is 11.1 Å². The number of nitrogens with two attached hydrogens (primary N) is 1. The summed E-state index contributed by atoms with van der Waals surface area (Å²) in [5, 5.41) is 0.942. The van der Waals surface area contributed by atoms with Crippen molar-refractivity contribution in [3.8, 4) is 11.6 Å². The van der Waals surface area contributed by atoms with E-state index in [1.165, 1.54) is 0 Å². The number of aromatic nitrogens is 1. The Balaban J connectivity index is 2.25. The minimum absolute atomic E-state index is 0.449. The maximum absolute atomic E-state index is 5.92. The van der Waals surface area contributed by atoms with E-state index < -0.39 is 0 Å². The highest BCUT2D eigenvalue weighted by Crippen LogP contribution is 2.29. The Morgan fingerprint density at radius 1 is 1.22 bits per heavy atom. The first-order valence-electron chi connectivity index (χ1n) is 5.38. The van der Waals surface area contributed by atoms with Gasteiger partial charge in [0.2, 0.25) is 5.88 Å². The lowest BCUT2D eigenvalue weighted by Gasteiger charge is -2.09. The van der Waals surface area contributed by atoms with Gasteiger partial charge in [-0.2, -0.15) is 0 Å². The third kappa shape index (κ3) is 2.93. The zero-order valence-corrected chi connectivity index (χ0v) is 11.3. The summed E-state index contributed by atoms with van der Waals surface area (Å²) in [6.45, 7) is 2.37. The van der Waals surface area contributed by atoms with E-state index in [9.17, 15) is 0 Å². The van der Waals surface area contributed by atoms with Crippen molar-refractivity contribution in [3.63, 3.8) is 0 Å². The van der Waals surface area contributed by atoms with Gasteiger partial charge in [-0.25, -0.2) is 4.98 Å². The molecule has 0 unspecified atom stereocenters. The van der Waals surface area contributed by atoms with Gasteiger partial charge in [0.15, 0.2) is 0 Å². The Labute approximate surface area is 115 Å². The second-order valence-corrected chi connectivity index (χ2v) is 4.66. The highest BCUT2D eigenvalue weighted by Gasteiger charge is 2.06. The second kappa shape index (κ2) is 5.57. The van der Waals surface area contributed by atoms with E-state index in [0.717, 1.165) is 11.1 Å². The molecule has 0 amide bonds. The Kier molecular flexibility index (Phi) is 4.07. The minimum atomic E-state index is 0.449. The number of aryl methyl sites for hydroxylation is 1. The van der Waals surface area contributed by atoms with Gasteiger partial charge < -0.3 is 10.5 Å². The molecule has 5 heteroatoms. The molecule has 1 aromatic carbocycles. The van der Waals surface area contributed by atoms with Crippen LogP contribution in [0.2, 0.25) is 10.0 Å². The molecule has 0 bridgehead atoms. The van der Waals surface area contributed by atoms with Crippen LogP contribution >= 0.6 is 23.2 Å². The lowest BCUT2D eigenvalue weighted by Crippen LogP contribution is -1.99. The molecule has 18 heavy (non-hydrogen) atoms. The van der Waals surface area contributed by atoms with Gasteiger partial charge in [0.25, 0.3) is 0 Å². The highest BCUT2D eigenvalue weighted by atomic mass is 35.5. The zero-order chi connectivity index (χ0) is 13.1. The number of nitrogens with zero attached hydrogens (tertiary/aromatic N) is 1. The summed E-state index contributed by atoms with van der Waals surface area (Å²) in [5.74, 6) is 1.13. The molecular formula is C13H12Cl2N2O. The van der Waals surface area contributed by atoms with Gasteiger partial charge in [-0.15, -0.1) is 0 Å². The summed E-state index contributed by atoms with van der Waals surface area (Å²) < 4.78 is 5.65. The summed E-state index contributed by atoms with van der Waals surface area (Å²) in [6.07, 6.45) is 1.69. The number of benzene rings is 1. The van der Waals surface area contributed by atoms with Crippen LogP contribution in [-0.4, -0.2) is 4.98 Å². The van der Waals surface area contributed by atoms with Crippen LogP contribution in [0.4, 0.5) is 0 Å². The van der Waals surface area contributed by atoms with Crippen LogP contribution in [0.3, 0.4) is 0 Å². The van der Waals surface area contributed by atoms with Gasteiger partial charge >= 0.3 is 0 Å². The average molecular weight is 283 g/mol. The van der Waals surface area contributed by atoms with E-state index in [-0.39, 0.29) is 0 Å². The van der Waals surface area contributed by atoms with Crippen LogP contribution < -0.4 is 10.5 Å². The van der Waals surface area contributed by atoms with E-state index in [4.69, 9.17) is 33.7 Å². The van der Waals surface area contributed by atoms with E-state index >= 15 is 0 Å². The Morgan fingerprint density at radius 3 is 2.61 bits per heavy atom. The molecule has 2 aromatic rings. The maximum atomic E-state index is 5.92. The molecule has 1 aromatic heterocycles. The Bertz CT molecular complexity index is 573. The molecular weight excluding hydrogens is 271 g/mol. The summed E-state index contributed by atoms with van der Waals surface area (Å²) >= 11 is 11.8. The molecule has 0 aliphatic carbocycles. The van der Waals surface area contributed by atoms with Crippen molar-refractivity contribution >= 4 is 23.2 Å². The quantitative estimate of drug-likeness (QED) is 0.927. The van der Waals surface area contributed by atoms with E-state index in [1.54, 1.807) is 24.4 Å². The molecule has 1 heterocycles. The van der Waals surface area contributed by atoms with Crippen molar-refractivity contribution in [1.82, 2.24) is 4.98 Å². The fourth-order valence-corrected chi connectivity index (χ4v) is 1.78. The highest BCUT2D eigenvalue weighted by molar-refractivity contribution is 6.42. The number of ether oxygens (including phenoxy) is 1. The van der Waals surface area contributed by atoms with E-state index in [2.05, 4.69) is 4.98 Å². The Morgan fingerprint density at radius 2 is 2.00 bits per heavy atom. The van der Waals surface area contributed by atoms with Gasteiger partial charge in [-0.1, -0.05) is 23.2 Å². The van der Waals surface area contributed by atoms with Crippen LogP contribution in [0.5, 0.6) is 11.6 Å². The number of hydrogen-bond donors (Lipinski definition) is 1. The third-order valence-corrected chi connectivity index (χ3v) is 3.17. The third-order valence-electron chi connectivity index (χ3n) is 2.43. The molecule has 0 saturated carbocycles. The van der Waals surface area contributed by atoms with Crippen LogP contribution in [0, 0.1) is 6.92 Å². The smallest absolute Gasteiger partial charge is 0.222 e. The number of hydrogen-bond acceptors (Lipinski definition) is 3. The first-order chi connectivity index (χ1) is 8.60. The number of halogens is 2. The lowest BCUT2D eigenvalue weighted by atomic mass is 10.2. The summed E-state index contributed by atoms with van der Waals surface area (Å²) in [7, 11) is 0. The van der Waals surface area contributed by atoms with E-state index in [1.807, 2.05) is 13.0 Å². The standard InChI is InChI=1S/C13H12Cl2N2O/c1-8-4-9(6-16)7-17-13(8)18-10-2-3-11(14)12(15)5-10/h2-5,7H,6,16H2,1H3. The van der Waals surface area contributed by atoms with E-state index in [0.29, 0.717) is 28.2 Å². The number of pyridine rings is 1. The van der Waals surface area contributed by atoms with Crippen LogP contribution in [0.15, 0.2) is 30.5 Å². The molecule has 0 atom stereocenters. The predicted octanol–water partition coefficient (Wildman–Crippen LogP) is 3.95. The van der Waals surface area contributed by atoms with Gasteiger partial charge in [-0.3, -0.25) is 0 Å². The molecule has 0 aliphatic rings. The molecule has 3 nitrogen and oxygen atoms in total. The SMILES string of the molecule is Cc1cc(CN)cnc1Oc1ccc(Cl)c(Cl)c1. The van der Waals surface area contributed by atoms with Gasteiger partial charge in [0.05, 0.1) is 10.0 Å². The van der Waals surface area contributed by atoms with Gasteiger partial charge in [0.1, 0.15) is 5.75 Å². The van der Waals surface area contributed by atoms with Crippen molar-refractivity contribution in [1.29, 1.82) is 0 Å². The minimum Gasteiger partial charge on any atom is -0.439 e. The van der Waals surface area contributed by atoms with Crippen molar-refractivity contribution in [2.45, 2.75) is 13.5 Å². The largest absolute Gasteiger partial charge is 0.439 e. The second-order valence-electron chi connectivity index (χ2n) is 3.85. The molecule has 0 saturated heterocycles. The molecule has 0 fully saturated rings. The van der Waals surface area contributed by atoms with Crippen molar-refractivity contribution in [2.75, 3.05) is 0 Å². The fourth-order valence-electron chi connectivity index (χ4n) is 1.49. The Hall–Kier alpha value is -1.29. The topological polar surface area (TPSA) is 48.1 Å². The molecule has 2 N–H and O–H groups in total. The summed E-state index contributed by atoms with van der Waals surface area (Å²) in [5.41, 5.74) is 7.43. The normalized spacial score (nSPS) is 10.4. The summed E-state index contributed by atoms with van der Waals surface area (Å²) in [4.78, 5) is 4.22. The van der Waals surface area contributed by atoms with Crippen molar-refractivity contribution < 1.29 is 4.74 Å². The van der Waals surface area contributed by atoms with Crippen molar-refractivity contribution in [3.05, 3.63) is 51.6 Å². The first kappa shape index (κ1) is 13.1. The summed E-state index contributed by atoms with van der Waals surface area (Å²) in [6, 6.07) is 7.02. The predicted molar refractivity (Wildman–Crippen MR) is 73.4 cm³/mol. The van der Waals surface area contributed by atoms with Crippen molar-refractivity contribution in [2.24, 2.45) is 5.73 Å². The molecule has 2 rings (SSSR count). The van der Waals surface area contributed by atoms with Crippen LogP contribution in [0.25, 0.3) is 0 Å². The van der Waals surface area contributed by atoms with Gasteiger partial charge in [-0.05, 0) is 30.7 Å². The molecule has 94 valence electrons.